The van der Waals surface area contributed by atoms with Crippen LogP contribution in [0.15, 0.2) is 41.4 Å². The Morgan fingerprint density at radius 3 is 2.66 bits per heavy atom. The molecule has 0 unspecified atom stereocenters. The number of likely N-dealkylation sites (tertiary alicyclic amines) is 1. The van der Waals surface area contributed by atoms with Crippen LogP contribution in [0.3, 0.4) is 0 Å². The van der Waals surface area contributed by atoms with E-state index in [2.05, 4.69) is 33.9 Å². The van der Waals surface area contributed by atoms with Crippen molar-refractivity contribution in [2.75, 3.05) is 44.4 Å². The predicted octanol–water partition coefficient (Wildman–Crippen LogP) is 2.37. The first-order valence-corrected chi connectivity index (χ1v) is 10.9. The highest BCUT2D eigenvalue weighted by molar-refractivity contribution is 6.01. The number of pyridine rings is 1. The summed E-state index contributed by atoms with van der Waals surface area (Å²) in [6.45, 7) is 5.88. The van der Waals surface area contributed by atoms with E-state index in [1.807, 2.05) is 30.5 Å². The first-order valence-electron chi connectivity index (χ1n) is 10.9. The number of hydrogen-bond acceptors (Lipinski definition) is 7. The molecule has 0 N–H and O–H groups in total. The minimum atomic E-state index is -0.139. The molecule has 0 aliphatic carbocycles. The van der Waals surface area contributed by atoms with Crippen LogP contribution in [0.1, 0.15) is 29.7 Å². The molecule has 1 aromatic carbocycles. The zero-order valence-corrected chi connectivity index (χ0v) is 18.3. The molecule has 0 radical (unpaired) electrons. The third-order valence-electron chi connectivity index (χ3n) is 5.47. The molecule has 0 atom stereocenters. The van der Waals surface area contributed by atoms with E-state index >= 15 is 0 Å². The van der Waals surface area contributed by atoms with Gasteiger partial charge in [-0.1, -0.05) is 29.8 Å². The van der Waals surface area contributed by atoms with Crippen LogP contribution in [-0.2, 0) is 20.9 Å². The Labute approximate surface area is 187 Å². The quantitative estimate of drug-likeness (QED) is 0.467. The topological polar surface area (TPSA) is 84.3 Å². The van der Waals surface area contributed by atoms with Gasteiger partial charge in [0, 0.05) is 43.9 Å². The van der Waals surface area contributed by atoms with Crippen LogP contribution in [0.2, 0.25) is 0 Å². The number of aryl methyl sites for hydroxylation is 1. The Bertz CT molecular complexity index is 985. The lowest BCUT2D eigenvalue weighted by Gasteiger charge is -2.29. The molecular weight excluding hydrogens is 408 g/mol. The van der Waals surface area contributed by atoms with Gasteiger partial charge in [-0.25, -0.2) is 4.98 Å². The van der Waals surface area contributed by atoms with Gasteiger partial charge in [0.2, 0.25) is 17.7 Å². The van der Waals surface area contributed by atoms with Crippen molar-refractivity contribution in [1.82, 2.24) is 9.88 Å². The lowest BCUT2D eigenvalue weighted by Crippen LogP contribution is -2.36. The van der Waals surface area contributed by atoms with Crippen LogP contribution in [0.5, 0.6) is 5.88 Å². The predicted molar refractivity (Wildman–Crippen MR) is 121 cm³/mol. The fraction of sp³-hybridized carbons (Fsp3) is 0.417. The highest BCUT2D eigenvalue weighted by atomic mass is 16.5. The van der Waals surface area contributed by atoms with Crippen LogP contribution in [0, 0.1) is 6.92 Å². The number of rotatable bonds is 8. The van der Waals surface area contributed by atoms with E-state index in [1.165, 1.54) is 10.5 Å². The van der Waals surface area contributed by atoms with Gasteiger partial charge in [0.1, 0.15) is 6.61 Å². The summed E-state index contributed by atoms with van der Waals surface area (Å²) in [5.74, 6) is 0.188. The molecule has 32 heavy (non-hydrogen) atoms. The average molecular weight is 437 g/mol. The lowest BCUT2D eigenvalue weighted by atomic mass is 10.1. The number of ether oxygens (including phenoxy) is 2. The summed E-state index contributed by atoms with van der Waals surface area (Å²) < 4.78 is 11.3. The van der Waals surface area contributed by atoms with Gasteiger partial charge in [0.25, 0.3) is 0 Å². The molecule has 2 aliphatic rings. The molecule has 2 amide bonds. The van der Waals surface area contributed by atoms with Crippen LogP contribution in [0.25, 0.3) is 0 Å². The largest absolute Gasteiger partial charge is 0.476 e. The zero-order chi connectivity index (χ0) is 22.3. The summed E-state index contributed by atoms with van der Waals surface area (Å²) in [5, 5.41) is 0. The smallest absolute Gasteiger partial charge is 0.229 e. The highest BCUT2D eigenvalue weighted by Crippen LogP contribution is 2.23. The maximum absolute atomic E-state index is 11.8. The van der Waals surface area contributed by atoms with Crippen molar-refractivity contribution in [2.24, 2.45) is 4.99 Å². The summed E-state index contributed by atoms with van der Waals surface area (Å²) in [6, 6.07) is 12.1. The standard InChI is InChI=1S/C24H28N4O4/c1-18-3-2-4-19(13-18)16-25-17-20-14-21(27-7-10-31-11-8-27)15-22(26-20)32-12-9-28-23(29)5-6-24(28)30/h2-4,13-16H,5-12,17H2,1H3. The van der Waals surface area contributed by atoms with Crippen LogP contribution in [-0.4, -0.2) is 67.4 Å². The first kappa shape index (κ1) is 22.0. The van der Waals surface area contributed by atoms with Crippen molar-refractivity contribution < 1.29 is 19.1 Å². The van der Waals surface area contributed by atoms with Gasteiger partial charge in [-0.05, 0) is 18.6 Å². The van der Waals surface area contributed by atoms with Gasteiger partial charge in [-0.2, -0.15) is 0 Å². The number of aliphatic imine (C=N–C) groups is 1. The van der Waals surface area contributed by atoms with E-state index in [1.54, 1.807) is 0 Å². The molecule has 2 aliphatic heterocycles. The van der Waals surface area contributed by atoms with Gasteiger partial charge in [-0.15, -0.1) is 0 Å². The second-order valence-electron chi connectivity index (χ2n) is 7.93. The summed E-state index contributed by atoms with van der Waals surface area (Å²) in [7, 11) is 0. The third-order valence-corrected chi connectivity index (χ3v) is 5.47. The molecule has 3 heterocycles. The van der Waals surface area contributed by atoms with Crippen molar-refractivity contribution in [1.29, 1.82) is 0 Å². The van der Waals surface area contributed by atoms with Crippen molar-refractivity contribution in [3.05, 3.63) is 53.2 Å². The summed E-state index contributed by atoms with van der Waals surface area (Å²) in [6.07, 6.45) is 2.42. The number of amides is 2. The Balaban J connectivity index is 1.46. The number of benzene rings is 1. The maximum atomic E-state index is 11.8. The van der Waals surface area contributed by atoms with Crippen molar-refractivity contribution >= 4 is 23.7 Å². The SMILES string of the molecule is Cc1cccc(C=NCc2cc(N3CCOCC3)cc(OCCN3C(=O)CCC3=O)n2)c1. The maximum Gasteiger partial charge on any atom is 0.229 e. The van der Waals surface area contributed by atoms with E-state index < -0.39 is 0 Å². The number of nitrogens with zero attached hydrogens (tertiary/aromatic N) is 4. The zero-order valence-electron chi connectivity index (χ0n) is 18.3. The van der Waals surface area contributed by atoms with E-state index in [0.717, 1.165) is 30.0 Å². The number of morpholine rings is 1. The fourth-order valence-electron chi connectivity index (χ4n) is 3.81. The summed E-state index contributed by atoms with van der Waals surface area (Å²) in [5.41, 5.74) is 4.03. The van der Waals surface area contributed by atoms with Crippen LogP contribution >= 0.6 is 0 Å². The molecule has 1 aromatic heterocycles. The first-order chi connectivity index (χ1) is 15.6. The molecule has 0 saturated carbocycles. The average Bonchev–Trinajstić information content (AvgIpc) is 3.12. The molecular formula is C24H28N4O4. The third kappa shape index (κ3) is 5.70. The lowest BCUT2D eigenvalue weighted by molar-refractivity contribution is -0.138. The van der Waals surface area contributed by atoms with Crippen molar-refractivity contribution in [3.63, 3.8) is 0 Å². The van der Waals surface area contributed by atoms with E-state index in [-0.39, 0.29) is 37.8 Å². The Hall–Kier alpha value is -3.26. The molecule has 0 bridgehead atoms. The number of aromatic nitrogens is 1. The number of carbonyl (C=O) groups is 2. The van der Waals surface area contributed by atoms with Crippen molar-refractivity contribution in [2.45, 2.75) is 26.3 Å². The molecule has 2 aromatic rings. The van der Waals surface area contributed by atoms with Gasteiger partial charge in [-0.3, -0.25) is 19.5 Å². The van der Waals surface area contributed by atoms with Gasteiger partial charge in [0.15, 0.2) is 0 Å². The fourth-order valence-corrected chi connectivity index (χ4v) is 3.81. The Morgan fingerprint density at radius 1 is 1.12 bits per heavy atom. The Morgan fingerprint density at radius 2 is 1.91 bits per heavy atom. The Kier molecular flexibility index (Phi) is 7.11. The molecule has 8 heteroatoms. The molecule has 4 rings (SSSR count). The summed E-state index contributed by atoms with van der Waals surface area (Å²) >= 11 is 0. The number of carbonyl (C=O) groups excluding carboxylic acids is 2. The molecule has 0 spiro atoms. The minimum Gasteiger partial charge on any atom is -0.476 e. The molecule has 2 fully saturated rings. The van der Waals surface area contributed by atoms with Crippen LogP contribution in [0.4, 0.5) is 5.69 Å². The number of anilines is 1. The van der Waals surface area contributed by atoms with Gasteiger partial charge in [0.05, 0.1) is 32.0 Å². The van der Waals surface area contributed by atoms with Gasteiger partial charge < -0.3 is 14.4 Å². The van der Waals surface area contributed by atoms with E-state index in [9.17, 15) is 9.59 Å². The van der Waals surface area contributed by atoms with E-state index in [0.29, 0.717) is 25.6 Å². The molecule has 8 nitrogen and oxygen atoms in total. The number of imide groups is 1. The van der Waals surface area contributed by atoms with E-state index in [4.69, 9.17) is 9.47 Å². The second-order valence-corrected chi connectivity index (χ2v) is 7.93. The van der Waals surface area contributed by atoms with Crippen LogP contribution < -0.4 is 9.64 Å². The van der Waals surface area contributed by atoms with Crippen molar-refractivity contribution in [3.8, 4) is 5.88 Å². The normalized spacial score (nSPS) is 16.9. The monoisotopic (exact) mass is 436 g/mol. The van der Waals surface area contributed by atoms with Gasteiger partial charge >= 0.3 is 0 Å². The second kappa shape index (κ2) is 10.4. The number of hydrogen-bond donors (Lipinski definition) is 0. The minimum absolute atomic E-state index is 0.139. The molecule has 2 saturated heterocycles. The summed E-state index contributed by atoms with van der Waals surface area (Å²) in [4.78, 5) is 36.2. The molecule has 168 valence electrons. The highest BCUT2D eigenvalue weighted by Gasteiger charge is 2.28.